The number of amides is 1. The lowest BCUT2D eigenvalue weighted by Gasteiger charge is -2.19. The smallest absolute Gasteiger partial charge is 0.341 e. The third kappa shape index (κ3) is 4.55. The predicted octanol–water partition coefficient (Wildman–Crippen LogP) is 4.15. The van der Waals surface area contributed by atoms with Gasteiger partial charge in [-0.2, -0.15) is 0 Å². The fourth-order valence-corrected chi connectivity index (χ4v) is 3.36. The van der Waals surface area contributed by atoms with Crippen molar-refractivity contribution in [3.63, 3.8) is 0 Å². The number of benzene rings is 1. The number of ether oxygens (including phenoxy) is 2. The average Bonchev–Trinajstić information content (AvgIpc) is 3.43. The summed E-state index contributed by atoms with van der Waals surface area (Å²) in [5.74, 6) is -1.22. The molecule has 0 spiro atoms. The van der Waals surface area contributed by atoms with E-state index in [0.29, 0.717) is 10.6 Å². The zero-order valence-electron chi connectivity index (χ0n) is 15.9. The minimum Gasteiger partial charge on any atom is -0.465 e. The lowest BCUT2D eigenvalue weighted by molar-refractivity contribution is 0.0423. The number of esters is 2. The second kappa shape index (κ2) is 9.20. The van der Waals surface area contributed by atoms with Gasteiger partial charge in [0.15, 0.2) is 12.4 Å². The van der Waals surface area contributed by atoms with E-state index in [1.54, 1.807) is 50.4 Å². The highest BCUT2D eigenvalue weighted by atomic mass is 32.1. The van der Waals surface area contributed by atoms with Crippen molar-refractivity contribution in [1.82, 2.24) is 0 Å². The third-order valence-electron chi connectivity index (χ3n) is 4.10. The Hall–Kier alpha value is -3.39. The van der Waals surface area contributed by atoms with Crippen LogP contribution in [0.15, 0.2) is 58.5 Å². The fourth-order valence-electron chi connectivity index (χ4n) is 2.67. The average molecular weight is 413 g/mol. The maximum absolute atomic E-state index is 12.7. The van der Waals surface area contributed by atoms with Crippen molar-refractivity contribution in [2.75, 3.05) is 18.6 Å². The van der Waals surface area contributed by atoms with Crippen LogP contribution in [0.5, 0.6) is 0 Å². The van der Waals surface area contributed by atoms with Crippen molar-refractivity contribution in [3.05, 3.63) is 75.9 Å². The van der Waals surface area contributed by atoms with Crippen LogP contribution >= 0.6 is 11.3 Å². The summed E-state index contributed by atoms with van der Waals surface area (Å²) in [4.78, 5) is 39.2. The Morgan fingerprint density at radius 1 is 1.00 bits per heavy atom. The molecule has 150 valence electrons. The standard InChI is InChI=1S/C21H19NO6S/c1-3-26-21(25)15-10-11-27-17(15)13-28-20(24)14-7-4-5-8-16(14)22(2)19(23)18-9-6-12-29-18/h4-12H,3,13H2,1-2H3. The highest BCUT2D eigenvalue weighted by Gasteiger charge is 2.22. The van der Waals surface area contributed by atoms with Crippen molar-refractivity contribution in [3.8, 4) is 0 Å². The molecular weight excluding hydrogens is 394 g/mol. The molecular formula is C21H19NO6S. The zero-order chi connectivity index (χ0) is 20.8. The summed E-state index contributed by atoms with van der Waals surface area (Å²) in [5, 5.41) is 1.81. The normalized spacial score (nSPS) is 10.4. The predicted molar refractivity (Wildman–Crippen MR) is 107 cm³/mol. The number of hydrogen-bond acceptors (Lipinski definition) is 7. The highest BCUT2D eigenvalue weighted by Crippen LogP contribution is 2.24. The van der Waals surface area contributed by atoms with Gasteiger partial charge < -0.3 is 18.8 Å². The van der Waals surface area contributed by atoms with E-state index in [9.17, 15) is 14.4 Å². The number of para-hydroxylation sites is 1. The molecule has 1 amide bonds. The molecule has 0 radical (unpaired) electrons. The Balaban J connectivity index is 1.75. The maximum Gasteiger partial charge on any atom is 0.341 e. The molecule has 29 heavy (non-hydrogen) atoms. The maximum atomic E-state index is 12.7. The van der Waals surface area contributed by atoms with Crippen molar-refractivity contribution < 1.29 is 28.3 Å². The molecule has 7 nitrogen and oxygen atoms in total. The van der Waals surface area contributed by atoms with E-state index < -0.39 is 11.9 Å². The Morgan fingerprint density at radius 3 is 2.48 bits per heavy atom. The van der Waals surface area contributed by atoms with Gasteiger partial charge in [0.25, 0.3) is 5.91 Å². The van der Waals surface area contributed by atoms with Crippen LogP contribution in [-0.2, 0) is 16.1 Å². The van der Waals surface area contributed by atoms with Gasteiger partial charge in [-0.05, 0) is 36.6 Å². The molecule has 2 heterocycles. The molecule has 0 aliphatic rings. The molecule has 0 saturated heterocycles. The van der Waals surface area contributed by atoms with Crippen molar-refractivity contribution >= 4 is 34.9 Å². The summed E-state index contributed by atoms with van der Waals surface area (Å²) in [7, 11) is 1.60. The van der Waals surface area contributed by atoms with Gasteiger partial charge in [-0.1, -0.05) is 18.2 Å². The highest BCUT2D eigenvalue weighted by molar-refractivity contribution is 7.12. The van der Waals surface area contributed by atoms with Crippen molar-refractivity contribution in [2.45, 2.75) is 13.5 Å². The minimum atomic E-state index is -0.641. The van der Waals surface area contributed by atoms with Gasteiger partial charge >= 0.3 is 11.9 Å². The molecule has 2 aromatic heterocycles. The molecule has 0 fully saturated rings. The second-order valence-corrected chi connectivity index (χ2v) is 6.86. The molecule has 1 aromatic carbocycles. The number of furan rings is 1. The third-order valence-corrected chi connectivity index (χ3v) is 4.95. The van der Waals surface area contributed by atoms with Crippen LogP contribution in [0, 0.1) is 0 Å². The Labute approximate surface area is 171 Å². The first-order valence-corrected chi connectivity index (χ1v) is 9.72. The number of carbonyl (C=O) groups is 3. The van der Waals surface area contributed by atoms with Crippen molar-refractivity contribution in [1.29, 1.82) is 0 Å². The number of anilines is 1. The molecule has 0 N–H and O–H groups in total. The number of thiophene rings is 1. The van der Waals surface area contributed by atoms with Gasteiger partial charge in [0.2, 0.25) is 0 Å². The summed E-state index contributed by atoms with van der Waals surface area (Å²) in [6, 6.07) is 11.6. The van der Waals surface area contributed by atoms with E-state index in [4.69, 9.17) is 13.9 Å². The van der Waals surface area contributed by atoms with Crippen LogP contribution in [-0.4, -0.2) is 31.5 Å². The first-order valence-electron chi connectivity index (χ1n) is 8.84. The molecule has 0 aliphatic carbocycles. The van der Waals surface area contributed by atoms with Gasteiger partial charge in [0, 0.05) is 7.05 Å². The molecule has 0 aliphatic heterocycles. The van der Waals surface area contributed by atoms with Gasteiger partial charge in [0.1, 0.15) is 5.56 Å². The van der Waals surface area contributed by atoms with Gasteiger partial charge in [-0.15, -0.1) is 11.3 Å². The lowest BCUT2D eigenvalue weighted by atomic mass is 10.1. The Kier molecular flexibility index (Phi) is 6.46. The first-order chi connectivity index (χ1) is 14.0. The van der Waals surface area contributed by atoms with Gasteiger partial charge in [-0.25, -0.2) is 9.59 Å². The minimum absolute atomic E-state index is 0.192. The van der Waals surface area contributed by atoms with Gasteiger partial charge in [0.05, 0.1) is 29.0 Å². The number of hydrogen-bond donors (Lipinski definition) is 0. The summed E-state index contributed by atoms with van der Waals surface area (Å²) in [5.41, 5.74) is 0.850. The summed E-state index contributed by atoms with van der Waals surface area (Å²) < 4.78 is 15.5. The molecule has 0 bridgehead atoms. The first kappa shape index (κ1) is 20.3. The van der Waals surface area contributed by atoms with E-state index in [1.807, 2.05) is 5.38 Å². The van der Waals surface area contributed by atoms with E-state index in [2.05, 4.69) is 0 Å². The zero-order valence-corrected chi connectivity index (χ0v) is 16.7. The molecule has 0 unspecified atom stereocenters. The molecule has 3 rings (SSSR count). The monoisotopic (exact) mass is 413 g/mol. The van der Waals surface area contributed by atoms with E-state index in [0.717, 1.165) is 0 Å². The molecule has 3 aromatic rings. The van der Waals surface area contributed by atoms with Gasteiger partial charge in [-0.3, -0.25) is 4.79 Å². The van der Waals surface area contributed by atoms with Crippen LogP contribution in [0.3, 0.4) is 0 Å². The number of carbonyl (C=O) groups excluding carboxylic acids is 3. The van der Waals surface area contributed by atoms with Crippen molar-refractivity contribution in [2.24, 2.45) is 0 Å². The summed E-state index contributed by atoms with van der Waals surface area (Å²) >= 11 is 1.32. The van der Waals surface area contributed by atoms with Crippen LogP contribution in [0.25, 0.3) is 0 Å². The number of nitrogens with zero attached hydrogens (tertiary/aromatic N) is 1. The largest absolute Gasteiger partial charge is 0.465 e. The Bertz CT molecular complexity index is 1010. The Morgan fingerprint density at radius 2 is 1.76 bits per heavy atom. The van der Waals surface area contributed by atoms with Crippen LogP contribution in [0.1, 0.15) is 43.1 Å². The molecule has 8 heteroatoms. The fraction of sp³-hybridized carbons (Fsp3) is 0.190. The molecule has 0 saturated carbocycles. The lowest BCUT2D eigenvalue weighted by Crippen LogP contribution is -2.27. The van der Waals surface area contributed by atoms with E-state index >= 15 is 0 Å². The number of rotatable bonds is 7. The summed E-state index contributed by atoms with van der Waals surface area (Å²) in [6.07, 6.45) is 1.33. The SMILES string of the molecule is CCOC(=O)c1ccoc1COC(=O)c1ccccc1N(C)C(=O)c1cccs1. The van der Waals surface area contributed by atoms with Crippen LogP contribution in [0.2, 0.25) is 0 Å². The van der Waals surface area contributed by atoms with Crippen LogP contribution < -0.4 is 4.90 Å². The van der Waals surface area contributed by atoms with E-state index in [1.165, 1.54) is 28.6 Å². The van der Waals surface area contributed by atoms with E-state index in [-0.39, 0.29) is 36.0 Å². The second-order valence-electron chi connectivity index (χ2n) is 5.91. The summed E-state index contributed by atoms with van der Waals surface area (Å²) in [6.45, 7) is 1.68. The quantitative estimate of drug-likeness (QED) is 0.541. The molecule has 0 atom stereocenters. The topological polar surface area (TPSA) is 86.1 Å². The van der Waals surface area contributed by atoms with Crippen LogP contribution in [0.4, 0.5) is 5.69 Å².